The molecule has 1 fully saturated rings. The number of nitriles is 1. The lowest BCUT2D eigenvalue weighted by Gasteiger charge is -2.39. The summed E-state index contributed by atoms with van der Waals surface area (Å²) in [6.07, 6.45) is 7.87. The molecule has 41 heavy (non-hydrogen) atoms. The van der Waals surface area contributed by atoms with E-state index in [2.05, 4.69) is 60.0 Å². The van der Waals surface area contributed by atoms with E-state index in [-0.39, 0.29) is 12.1 Å². The Labute approximate surface area is 252 Å². The molecule has 1 aliphatic carbocycles. The molecule has 6 rings (SSSR count). The lowest BCUT2D eigenvalue weighted by molar-refractivity contribution is 0.125. The quantitative estimate of drug-likeness (QED) is 0.284. The maximum absolute atomic E-state index is 13.0. The van der Waals surface area contributed by atoms with Gasteiger partial charge in [0.05, 0.1) is 23.4 Å². The van der Waals surface area contributed by atoms with Crippen molar-refractivity contribution in [1.82, 2.24) is 24.3 Å². The number of nitrogens with zero attached hydrogens (tertiary/aromatic N) is 6. The number of aromatic nitrogens is 3. The van der Waals surface area contributed by atoms with Gasteiger partial charge in [0.1, 0.15) is 5.82 Å². The smallest absolute Gasteiger partial charge is 0.321 e. The van der Waals surface area contributed by atoms with Gasteiger partial charge in [-0.2, -0.15) is 5.26 Å². The molecule has 8 nitrogen and oxygen atoms in total. The lowest BCUT2D eigenvalue weighted by Crippen LogP contribution is -2.51. The van der Waals surface area contributed by atoms with Gasteiger partial charge >= 0.3 is 6.03 Å². The number of nitrogens with one attached hydrogen (secondary N) is 1. The zero-order valence-electron chi connectivity index (χ0n) is 22.4. The van der Waals surface area contributed by atoms with E-state index < -0.39 is 0 Å². The minimum absolute atomic E-state index is 0.105. The Kier molecular flexibility index (Phi) is 7.63. The van der Waals surface area contributed by atoms with Crippen LogP contribution in [0.5, 0.6) is 0 Å². The van der Waals surface area contributed by atoms with Crippen molar-refractivity contribution in [3.63, 3.8) is 0 Å². The number of carbonyl (C=O) groups excluding carboxylic acids is 1. The SMILES string of the molecule is Cc1nccn1CC1=Cc2cc(Br)cnc2C(N2CCN(C(=O)Nc3ccc(C#N)cc3)CC2)c2ccc(Cl)cc21. The topological polar surface area (TPSA) is 90.1 Å². The molecule has 2 aromatic heterocycles. The first-order valence-corrected chi connectivity index (χ1v) is 14.5. The number of hydrogen-bond acceptors (Lipinski definition) is 5. The van der Waals surface area contributed by atoms with Gasteiger partial charge < -0.3 is 14.8 Å². The summed E-state index contributed by atoms with van der Waals surface area (Å²) in [4.78, 5) is 26.6. The Morgan fingerprint density at radius 2 is 1.90 bits per heavy atom. The van der Waals surface area contributed by atoms with Crippen molar-refractivity contribution >= 4 is 50.9 Å². The van der Waals surface area contributed by atoms with Crippen molar-refractivity contribution in [2.24, 2.45) is 0 Å². The second-order valence-corrected chi connectivity index (χ2v) is 11.5. The molecule has 0 spiro atoms. The van der Waals surface area contributed by atoms with Gasteiger partial charge in [0.15, 0.2) is 0 Å². The summed E-state index contributed by atoms with van der Waals surface area (Å²) in [5.74, 6) is 0.943. The van der Waals surface area contributed by atoms with E-state index in [1.165, 1.54) is 0 Å². The van der Waals surface area contributed by atoms with Crippen molar-refractivity contribution in [1.29, 1.82) is 5.26 Å². The van der Waals surface area contributed by atoms with E-state index in [1.54, 1.807) is 24.3 Å². The van der Waals surface area contributed by atoms with E-state index in [9.17, 15) is 4.79 Å². The van der Waals surface area contributed by atoms with Crippen LogP contribution in [0.4, 0.5) is 10.5 Å². The third-order valence-corrected chi connectivity index (χ3v) is 8.33. The van der Waals surface area contributed by atoms with Gasteiger partial charge in [-0.3, -0.25) is 9.88 Å². The summed E-state index contributed by atoms with van der Waals surface area (Å²) in [7, 11) is 0. The van der Waals surface area contributed by atoms with Crippen LogP contribution < -0.4 is 5.32 Å². The van der Waals surface area contributed by atoms with E-state index in [4.69, 9.17) is 21.8 Å². The molecule has 2 aliphatic rings. The highest BCUT2D eigenvalue weighted by atomic mass is 79.9. The number of fused-ring (bicyclic) bond motifs is 2. The number of halogens is 2. The molecule has 1 N–H and O–H groups in total. The summed E-state index contributed by atoms with van der Waals surface area (Å²) in [6.45, 7) is 5.16. The third-order valence-electron chi connectivity index (χ3n) is 7.66. The normalized spacial score (nSPS) is 16.7. The molecule has 1 atom stereocenters. The molecule has 1 unspecified atom stereocenters. The highest BCUT2D eigenvalue weighted by molar-refractivity contribution is 9.10. The summed E-state index contributed by atoms with van der Waals surface area (Å²) in [6, 6.07) is 16.9. The van der Waals surface area contributed by atoms with Gasteiger partial charge in [-0.25, -0.2) is 9.78 Å². The van der Waals surface area contributed by atoms with Gasteiger partial charge in [-0.05, 0) is 93.7 Å². The van der Waals surface area contributed by atoms with E-state index in [0.29, 0.717) is 49.0 Å². The maximum Gasteiger partial charge on any atom is 0.321 e. The predicted octanol–water partition coefficient (Wildman–Crippen LogP) is 6.37. The number of aryl methyl sites for hydroxylation is 1. The standard InChI is InChI=1S/C31H27BrClN7O/c1-20-35-8-9-40(20)19-23-14-22-15-24(32)18-36-29(22)30(27-7-4-25(33)16-28(23)27)38-10-12-39(13-11-38)31(41)37-26-5-2-21(17-34)3-6-26/h2-9,14-16,18,30H,10-13,19H2,1H3,(H,37,41). The Hall–Kier alpha value is -3.97. The number of piperazine rings is 1. The molecule has 0 saturated carbocycles. The van der Waals surface area contributed by atoms with E-state index >= 15 is 0 Å². The van der Waals surface area contributed by atoms with Crippen LogP contribution in [0.3, 0.4) is 0 Å². The third kappa shape index (κ3) is 5.64. The Balaban J connectivity index is 1.29. The second-order valence-electron chi connectivity index (χ2n) is 10.2. The molecule has 2 amide bonds. The van der Waals surface area contributed by atoms with Gasteiger partial charge in [-0.15, -0.1) is 0 Å². The Bertz CT molecular complexity index is 1680. The summed E-state index contributed by atoms with van der Waals surface area (Å²) in [5, 5.41) is 12.7. The molecule has 206 valence electrons. The molecule has 3 heterocycles. The number of carbonyl (C=O) groups is 1. The van der Waals surface area contributed by atoms with Gasteiger partial charge in [0.25, 0.3) is 0 Å². The van der Waals surface area contributed by atoms with Crippen LogP contribution >= 0.6 is 27.5 Å². The fourth-order valence-electron chi connectivity index (χ4n) is 5.54. The largest absolute Gasteiger partial charge is 0.331 e. The zero-order valence-corrected chi connectivity index (χ0v) is 24.7. The van der Waals surface area contributed by atoms with Crippen molar-refractivity contribution < 1.29 is 4.79 Å². The average molecular weight is 629 g/mol. The van der Waals surface area contributed by atoms with Gasteiger partial charge in [-0.1, -0.05) is 17.7 Å². The van der Waals surface area contributed by atoms with Crippen LogP contribution in [0, 0.1) is 18.3 Å². The molecule has 1 aliphatic heterocycles. The zero-order chi connectivity index (χ0) is 28.5. The summed E-state index contributed by atoms with van der Waals surface area (Å²) < 4.78 is 3.05. The van der Waals surface area contributed by atoms with Crippen LogP contribution in [0.25, 0.3) is 11.6 Å². The minimum atomic E-state index is -0.149. The summed E-state index contributed by atoms with van der Waals surface area (Å²) >= 11 is 10.2. The monoisotopic (exact) mass is 627 g/mol. The Morgan fingerprint density at radius 1 is 1.12 bits per heavy atom. The molecule has 1 saturated heterocycles. The fourth-order valence-corrected chi connectivity index (χ4v) is 6.06. The van der Waals surface area contributed by atoms with Crippen LogP contribution in [0.15, 0.2) is 71.6 Å². The number of benzene rings is 2. The van der Waals surface area contributed by atoms with Crippen molar-refractivity contribution in [2.45, 2.75) is 19.5 Å². The molecule has 0 bridgehead atoms. The van der Waals surface area contributed by atoms with Gasteiger partial charge in [0.2, 0.25) is 0 Å². The van der Waals surface area contributed by atoms with Crippen molar-refractivity contribution in [3.05, 3.63) is 110 Å². The number of rotatable bonds is 4. The highest BCUT2D eigenvalue weighted by Gasteiger charge is 2.34. The lowest BCUT2D eigenvalue weighted by atomic mass is 9.93. The van der Waals surface area contributed by atoms with E-state index in [0.717, 1.165) is 38.3 Å². The number of allylic oxidation sites excluding steroid dienone is 1. The fraction of sp³-hybridized carbons (Fsp3) is 0.226. The number of imidazole rings is 1. The summed E-state index contributed by atoms with van der Waals surface area (Å²) in [5.41, 5.74) is 6.61. The first-order valence-electron chi connectivity index (χ1n) is 13.3. The molecule has 10 heteroatoms. The first-order chi connectivity index (χ1) is 19.9. The van der Waals surface area contributed by atoms with Gasteiger partial charge in [0, 0.05) is 66.5 Å². The maximum atomic E-state index is 13.0. The van der Waals surface area contributed by atoms with Crippen LogP contribution in [0.2, 0.25) is 5.02 Å². The molecular weight excluding hydrogens is 602 g/mol. The second kappa shape index (κ2) is 11.5. The number of urea groups is 1. The number of hydrogen-bond donors (Lipinski definition) is 1. The van der Waals surface area contributed by atoms with E-state index in [1.807, 2.05) is 42.5 Å². The number of anilines is 1. The molecule has 0 radical (unpaired) electrons. The molecule has 2 aromatic carbocycles. The molecule has 4 aromatic rings. The van der Waals surface area contributed by atoms with Crippen LogP contribution in [-0.2, 0) is 6.54 Å². The Morgan fingerprint density at radius 3 is 2.61 bits per heavy atom. The first kappa shape index (κ1) is 27.2. The number of amides is 2. The van der Waals surface area contributed by atoms with Crippen molar-refractivity contribution in [2.75, 3.05) is 31.5 Å². The minimum Gasteiger partial charge on any atom is -0.331 e. The average Bonchev–Trinajstić information content (AvgIpc) is 3.33. The predicted molar refractivity (Wildman–Crippen MR) is 163 cm³/mol. The molecular formula is C31H27BrClN7O. The highest BCUT2D eigenvalue weighted by Crippen LogP contribution is 2.41. The number of pyridine rings is 1. The van der Waals surface area contributed by atoms with Crippen LogP contribution in [0.1, 0.15) is 39.8 Å². The van der Waals surface area contributed by atoms with Crippen LogP contribution in [-0.4, -0.2) is 56.5 Å². The van der Waals surface area contributed by atoms with Crippen molar-refractivity contribution in [3.8, 4) is 6.07 Å².